The molecule has 9 nitrogen and oxygen atoms in total. The quantitative estimate of drug-likeness (QED) is 0.123. The lowest BCUT2D eigenvalue weighted by Gasteiger charge is -2.31. The average molecular weight is 661 g/mol. The van der Waals surface area contributed by atoms with Crippen LogP contribution in [0.5, 0.6) is 0 Å². The van der Waals surface area contributed by atoms with Crippen LogP contribution in [0.4, 0.5) is 21.9 Å². The molecule has 0 radical (unpaired) electrons. The molecular weight excluding hydrogens is 604 g/mol. The van der Waals surface area contributed by atoms with E-state index in [4.69, 9.17) is 15.2 Å². The second-order valence-corrected chi connectivity index (χ2v) is 13.5. The zero-order valence-electron chi connectivity index (χ0n) is 29.4. The number of amides is 2. The van der Waals surface area contributed by atoms with E-state index >= 15 is 0 Å². The molecule has 3 atom stereocenters. The van der Waals surface area contributed by atoms with Crippen LogP contribution in [-0.2, 0) is 19.1 Å². The Morgan fingerprint density at radius 1 is 0.826 bits per heavy atom. The molecule has 2 unspecified atom stereocenters. The smallest absolute Gasteiger partial charge is 0.326 e. The SMILES string of the molecule is CC[C@@H](CC(=O)OC(OC(=O)C(N)C(C)C)C(C)C)c1ccc(N(CC(C)C)CC(C)C)c(NC(=O)Nc2ccc(C)cc2)c1.Cl. The number of hydrogen-bond acceptors (Lipinski definition) is 7. The number of aryl methyl sites for hydroxylation is 1. The van der Waals surface area contributed by atoms with Crippen LogP contribution < -0.4 is 21.3 Å². The van der Waals surface area contributed by atoms with E-state index in [1.165, 1.54) is 0 Å². The number of halogens is 1. The Morgan fingerprint density at radius 3 is 1.91 bits per heavy atom. The number of nitrogens with two attached hydrogens (primary N) is 1. The Kier molecular flexibility index (Phi) is 17.2. The molecule has 0 aliphatic rings. The van der Waals surface area contributed by atoms with Gasteiger partial charge in [0.1, 0.15) is 6.04 Å². The van der Waals surface area contributed by atoms with Crippen LogP contribution in [0.25, 0.3) is 0 Å². The number of nitrogens with one attached hydrogen (secondary N) is 2. The summed E-state index contributed by atoms with van der Waals surface area (Å²) >= 11 is 0. The molecule has 0 saturated carbocycles. The van der Waals surface area contributed by atoms with E-state index in [0.29, 0.717) is 29.6 Å². The van der Waals surface area contributed by atoms with Gasteiger partial charge in [-0.2, -0.15) is 0 Å². The van der Waals surface area contributed by atoms with Gasteiger partial charge in [0.2, 0.25) is 6.29 Å². The number of esters is 2. The second-order valence-electron chi connectivity index (χ2n) is 13.5. The number of carbonyl (C=O) groups is 3. The van der Waals surface area contributed by atoms with Gasteiger partial charge in [-0.05, 0) is 66.8 Å². The Balaban J connectivity index is 0.0000106. The lowest BCUT2D eigenvalue weighted by atomic mass is 9.92. The molecule has 0 aliphatic heterocycles. The maximum absolute atomic E-state index is 13.2. The molecule has 0 saturated heterocycles. The maximum atomic E-state index is 13.2. The lowest BCUT2D eigenvalue weighted by Crippen LogP contribution is -2.41. The number of nitrogens with zero attached hydrogens (tertiary/aromatic N) is 1. The normalized spacial score (nSPS) is 13.2. The molecular formula is C36H57ClN4O5. The summed E-state index contributed by atoms with van der Waals surface area (Å²) in [4.78, 5) is 41.2. The monoisotopic (exact) mass is 660 g/mol. The van der Waals surface area contributed by atoms with Crippen molar-refractivity contribution in [2.24, 2.45) is 29.4 Å². The number of rotatable bonds is 16. The van der Waals surface area contributed by atoms with E-state index in [2.05, 4.69) is 43.2 Å². The molecule has 10 heteroatoms. The van der Waals surface area contributed by atoms with Gasteiger partial charge in [-0.15, -0.1) is 12.4 Å². The number of ether oxygens (including phenoxy) is 2. The number of hydrogen-bond donors (Lipinski definition) is 3. The molecule has 4 N–H and O–H groups in total. The summed E-state index contributed by atoms with van der Waals surface area (Å²) < 4.78 is 11.1. The minimum absolute atomic E-state index is 0. The zero-order chi connectivity index (χ0) is 33.8. The van der Waals surface area contributed by atoms with Gasteiger partial charge in [0.15, 0.2) is 0 Å². The fourth-order valence-electron chi connectivity index (χ4n) is 4.90. The summed E-state index contributed by atoms with van der Waals surface area (Å²) in [7, 11) is 0. The van der Waals surface area contributed by atoms with Crippen molar-refractivity contribution in [1.29, 1.82) is 0 Å². The van der Waals surface area contributed by atoms with Crippen LogP contribution in [-0.4, -0.2) is 43.4 Å². The zero-order valence-corrected chi connectivity index (χ0v) is 30.2. The van der Waals surface area contributed by atoms with E-state index < -0.39 is 24.3 Å². The molecule has 2 aromatic carbocycles. The minimum atomic E-state index is -1.03. The first-order valence-corrected chi connectivity index (χ1v) is 16.3. The highest BCUT2D eigenvalue weighted by Crippen LogP contribution is 2.34. The predicted octanol–water partition coefficient (Wildman–Crippen LogP) is 8.11. The highest BCUT2D eigenvalue weighted by molar-refractivity contribution is 6.02. The van der Waals surface area contributed by atoms with Gasteiger partial charge in [0.05, 0.1) is 17.8 Å². The fraction of sp³-hybridized carbons (Fsp3) is 0.583. The van der Waals surface area contributed by atoms with Crippen LogP contribution >= 0.6 is 12.4 Å². The average Bonchev–Trinajstić information content (AvgIpc) is 2.95. The Bertz CT molecular complexity index is 1240. The second kappa shape index (κ2) is 19.4. The molecule has 0 aromatic heterocycles. The van der Waals surface area contributed by atoms with Crippen molar-refractivity contribution in [3.8, 4) is 0 Å². The van der Waals surface area contributed by atoms with Gasteiger partial charge in [-0.1, -0.05) is 86.1 Å². The molecule has 0 spiro atoms. The Hall–Kier alpha value is -3.30. The van der Waals surface area contributed by atoms with E-state index in [0.717, 1.165) is 29.9 Å². The Morgan fingerprint density at radius 2 is 1.41 bits per heavy atom. The highest BCUT2D eigenvalue weighted by atomic mass is 35.5. The van der Waals surface area contributed by atoms with Crippen molar-refractivity contribution in [2.45, 2.75) is 100 Å². The van der Waals surface area contributed by atoms with Crippen LogP contribution in [0.2, 0.25) is 0 Å². The number of benzene rings is 2. The van der Waals surface area contributed by atoms with Crippen LogP contribution in [0, 0.1) is 30.6 Å². The predicted molar refractivity (Wildman–Crippen MR) is 191 cm³/mol. The highest BCUT2D eigenvalue weighted by Gasteiger charge is 2.28. The first kappa shape index (κ1) is 40.7. The van der Waals surface area contributed by atoms with E-state index in [1.807, 2.05) is 84.0 Å². The first-order valence-electron chi connectivity index (χ1n) is 16.3. The van der Waals surface area contributed by atoms with Crippen molar-refractivity contribution in [3.05, 3.63) is 53.6 Å². The molecule has 46 heavy (non-hydrogen) atoms. The first-order chi connectivity index (χ1) is 21.1. The number of anilines is 3. The topological polar surface area (TPSA) is 123 Å². The van der Waals surface area contributed by atoms with Gasteiger partial charge >= 0.3 is 18.0 Å². The Labute approximate surface area is 282 Å². The summed E-state index contributed by atoms with van der Waals surface area (Å²) in [5, 5.41) is 6.01. The third-order valence-corrected chi connectivity index (χ3v) is 7.48. The summed E-state index contributed by atoms with van der Waals surface area (Å²) in [6.07, 6.45) is -0.281. The maximum Gasteiger partial charge on any atom is 0.326 e. The van der Waals surface area contributed by atoms with Crippen molar-refractivity contribution < 1.29 is 23.9 Å². The standard InChI is InChI=1S/C36H56N4O5.ClH/c1-11-27(19-32(41)44-35(25(8)9)45-34(42)33(37)24(6)7)28-14-17-31(40(20-22(2)3)21-23(4)5)30(18-28)39-36(43)38-29-15-12-26(10)13-16-29;/h12-18,22-25,27,33,35H,11,19-21,37H2,1-10H3,(H2,38,39,43);1H/t27-,33?,35?;/m0./s1. The molecule has 0 bridgehead atoms. The van der Waals surface area contributed by atoms with E-state index in [-0.39, 0.29) is 42.6 Å². The summed E-state index contributed by atoms with van der Waals surface area (Å²) in [6, 6.07) is 12.5. The molecule has 0 aliphatic carbocycles. The van der Waals surface area contributed by atoms with Crippen molar-refractivity contribution in [3.63, 3.8) is 0 Å². The molecule has 2 rings (SSSR count). The van der Waals surface area contributed by atoms with Gasteiger partial charge < -0.3 is 30.7 Å². The number of urea groups is 1. The fourth-order valence-corrected chi connectivity index (χ4v) is 4.90. The van der Waals surface area contributed by atoms with Crippen LogP contribution in [0.1, 0.15) is 92.2 Å². The molecule has 0 fully saturated rings. The molecule has 2 aromatic rings. The summed E-state index contributed by atoms with van der Waals surface area (Å²) in [5.41, 5.74) is 10.2. The minimum Gasteiger partial charge on any atom is -0.425 e. The lowest BCUT2D eigenvalue weighted by molar-refractivity contribution is -0.197. The molecule has 2 amide bonds. The van der Waals surface area contributed by atoms with Crippen LogP contribution in [0.3, 0.4) is 0 Å². The third kappa shape index (κ3) is 13.2. The van der Waals surface area contributed by atoms with Gasteiger partial charge in [0.25, 0.3) is 0 Å². The summed E-state index contributed by atoms with van der Waals surface area (Å²) in [6.45, 7) is 21.7. The van der Waals surface area contributed by atoms with E-state index in [1.54, 1.807) is 0 Å². The van der Waals surface area contributed by atoms with Crippen LogP contribution in [0.15, 0.2) is 42.5 Å². The molecule has 258 valence electrons. The molecule has 0 heterocycles. The van der Waals surface area contributed by atoms with Gasteiger partial charge in [-0.25, -0.2) is 4.79 Å². The third-order valence-electron chi connectivity index (χ3n) is 7.48. The van der Waals surface area contributed by atoms with E-state index in [9.17, 15) is 14.4 Å². The largest absolute Gasteiger partial charge is 0.425 e. The van der Waals surface area contributed by atoms with Gasteiger partial charge in [-0.3, -0.25) is 9.59 Å². The number of carbonyl (C=O) groups excluding carboxylic acids is 3. The van der Waals surface area contributed by atoms with Gasteiger partial charge in [0, 0.05) is 24.7 Å². The van der Waals surface area contributed by atoms with Crippen molar-refractivity contribution in [1.82, 2.24) is 0 Å². The van der Waals surface area contributed by atoms with Crippen molar-refractivity contribution >= 4 is 47.4 Å². The summed E-state index contributed by atoms with van der Waals surface area (Å²) in [5.74, 6) is -0.769. The van der Waals surface area contributed by atoms with Crippen molar-refractivity contribution in [2.75, 3.05) is 28.6 Å².